The number of methoxy groups -OCH3 is 1. The van der Waals surface area contributed by atoms with E-state index in [-0.39, 0.29) is 17.9 Å². The number of benzene rings is 1. The van der Waals surface area contributed by atoms with Gasteiger partial charge in [-0.15, -0.1) is 0 Å². The highest BCUT2D eigenvalue weighted by Crippen LogP contribution is 2.31. The van der Waals surface area contributed by atoms with Crippen LogP contribution in [0.5, 0.6) is 5.75 Å². The van der Waals surface area contributed by atoms with Gasteiger partial charge in [-0.25, -0.2) is 0 Å². The van der Waals surface area contributed by atoms with Gasteiger partial charge in [-0.3, -0.25) is 14.9 Å². The fourth-order valence-corrected chi connectivity index (χ4v) is 1.38. The maximum absolute atomic E-state index is 10.8. The number of carboxylic acid groups (broad SMARTS) is 1. The van der Waals surface area contributed by atoms with Crippen molar-refractivity contribution in [1.82, 2.24) is 0 Å². The SMILES string of the molecule is COc1ccc([N+](=O)[O-])c(N(C)CC(=O)O)c1. The maximum atomic E-state index is 10.8. The molecule has 0 bridgehead atoms. The number of nitro groups is 1. The molecule has 1 N–H and O–H groups in total. The first-order valence-corrected chi connectivity index (χ1v) is 4.71. The van der Waals surface area contributed by atoms with Gasteiger partial charge in [-0.2, -0.15) is 0 Å². The molecule has 0 fully saturated rings. The molecular weight excluding hydrogens is 228 g/mol. The summed E-state index contributed by atoms with van der Waals surface area (Å²) in [7, 11) is 2.90. The van der Waals surface area contributed by atoms with Crippen LogP contribution in [0.4, 0.5) is 11.4 Å². The van der Waals surface area contributed by atoms with E-state index in [9.17, 15) is 14.9 Å². The largest absolute Gasteiger partial charge is 0.497 e. The van der Waals surface area contributed by atoms with E-state index in [4.69, 9.17) is 9.84 Å². The second kappa shape index (κ2) is 5.15. The van der Waals surface area contributed by atoms with Gasteiger partial charge in [-0.05, 0) is 6.07 Å². The van der Waals surface area contributed by atoms with Crippen molar-refractivity contribution < 1.29 is 19.6 Å². The first kappa shape index (κ1) is 12.8. The number of ether oxygens (including phenoxy) is 1. The van der Waals surface area contributed by atoms with Gasteiger partial charge in [0, 0.05) is 19.2 Å². The average molecular weight is 240 g/mol. The molecule has 7 nitrogen and oxygen atoms in total. The van der Waals surface area contributed by atoms with Gasteiger partial charge in [0.05, 0.1) is 12.0 Å². The molecule has 0 saturated carbocycles. The van der Waals surface area contributed by atoms with Crippen LogP contribution in [0.25, 0.3) is 0 Å². The van der Waals surface area contributed by atoms with Crippen molar-refractivity contribution in [1.29, 1.82) is 0 Å². The Labute approximate surface area is 97.4 Å². The monoisotopic (exact) mass is 240 g/mol. The van der Waals surface area contributed by atoms with Crippen molar-refractivity contribution in [3.63, 3.8) is 0 Å². The predicted octanol–water partition coefficient (Wildman–Crippen LogP) is 1.12. The third kappa shape index (κ3) is 3.07. The van der Waals surface area contributed by atoms with Crippen LogP contribution >= 0.6 is 0 Å². The summed E-state index contributed by atoms with van der Waals surface area (Å²) < 4.78 is 4.95. The van der Waals surface area contributed by atoms with Crippen molar-refractivity contribution >= 4 is 17.3 Å². The Kier molecular flexibility index (Phi) is 3.86. The number of nitro benzene ring substituents is 1. The Morgan fingerprint density at radius 3 is 2.71 bits per heavy atom. The number of nitrogens with zero attached hydrogens (tertiary/aromatic N) is 2. The standard InChI is InChI=1S/C10H12N2O5/c1-11(6-10(13)14)9-5-7(17-2)3-4-8(9)12(15)16/h3-5H,6H2,1-2H3,(H,13,14). The van der Waals surface area contributed by atoms with Gasteiger partial charge in [0.2, 0.25) is 0 Å². The molecule has 0 unspecified atom stereocenters. The van der Waals surface area contributed by atoms with Gasteiger partial charge >= 0.3 is 5.97 Å². The van der Waals surface area contributed by atoms with Crippen LogP contribution in [0.2, 0.25) is 0 Å². The predicted molar refractivity (Wildman–Crippen MR) is 60.6 cm³/mol. The molecule has 17 heavy (non-hydrogen) atoms. The minimum Gasteiger partial charge on any atom is -0.497 e. The average Bonchev–Trinajstić information content (AvgIpc) is 2.27. The zero-order chi connectivity index (χ0) is 13.0. The summed E-state index contributed by atoms with van der Waals surface area (Å²) in [6.07, 6.45) is 0. The summed E-state index contributed by atoms with van der Waals surface area (Å²) in [5.41, 5.74) is 0.0475. The van der Waals surface area contributed by atoms with Crippen LogP contribution in [0, 0.1) is 10.1 Å². The number of rotatable bonds is 5. The topological polar surface area (TPSA) is 92.9 Å². The fraction of sp³-hybridized carbons (Fsp3) is 0.300. The van der Waals surface area contributed by atoms with Crippen molar-refractivity contribution in [2.45, 2.75) is 0 Å². The highest BCUT2D eigenvalue weighted by Gasteiger charge is 2.19. The van der Waals surface area contributed by atoms with Gasteiger partial charge in [0.15, 0.2) is 0 Å². The highest BCUT2D eigenvalue weighted by molar-refractivity contribution is 5.76. The van der Waals surface area contributed by atoms with Crippen LogP contribution in [0.15, 0.2) is 18.2 Å². The zero-order valence-electron chi connectivity index (χ0n) is 9.41. The van der Waals surface area contributed by atoms with E-state index in [0.29, 0.717) is 5.75 Å². The molecule has 0 spiro atoms. The lowest BCUT2D eigenvalue weighted by Gasteiger charge is -2.17. The van der Waals surface area contributed by atoms with Gasteiger partial charge in [0.1, 0.15) is 18.0 Å². The van der Waals surface area contributed by atoms with Crippen LogP contribution in [0.3, 0.4) is 0 Å². The number of carboxylic acids is 1. The summed E-state index contributed by atoms with van der Waals surface area (Å²) in [4.78, 5) is 22.1. The molecule has 7 heteroatoms. The quantitative estimate of drug-likeness (QED) is 0.612. The van der Waals surface area contributed by atoms with Crippen LogP contribution in [-0.4, -0.2) is 36.7 Å². The van der Waals surface area contributed by atoms with E-state index < -0.39 is 10.9 Å². The third-order valence-corrected chi connectivity index (χ3v) is 2.16. The first-order chi connectivity index (χ1) is 7.95. The van der Waals surface area contributed by atoms with Crippen molar-refractivity contribution in [2.24, 2.45) is 0 Å². The Bertz CT molecular complexity index is 446. The van der Waals surface area contributed by atoms with Gasteiger partial charge in [0.25, 0.3) is 5.69 Å². The molecular formula is C10H12N2O5. The van der Waals surface area contributed by atoms with Crippen molar-refractivity contribution in [2.75, 3.05) is 25.6 Å². The van der Waals surface area contributed by atoms with Crippen molar-refractivity contribution in [3.05, 3.63) is 28.3 Å². The molecule has 92 valence electrons. The van der Waals surface area contributed by atoms with E-state index in [1.54, 1.807) is 0 Å². The van der Waals surface area contributed by atoms with Gasteiger partial charge in [-0.1, -0.05) is 0 Å². The Morgan fingerprint density at radius 2 is 2.24 bits per heavy atom. The summed E-state index contributed by atoms with van der Waals surface area (Å²) in [5, 5.41) is 19.5. The number of hydrogen-bond donors (Lipinski definition) is 1. The molecule has 0 aromatic heterocycles. The number of anilines is 1. The van der Waals surface area contributed by atoms with E-state index in [2.05, 4.69) is 0 Å². The molecule has 0 aliphatic carbocycles. The number of aliphatic carboxylic acids is 1. The first-order valence-electron chi connectivity index (χ1n) is 4.71. The number of hydrogen-bond acceptors (Lipinski definition) is 5. The normalized spacial score (nSPS) is 9.76. The Morgan fingerprint density at radius 1 is 1.59 bits per heavy atom. The van der Waals surface area contributed by atoms with Crippen LogP contribution in [-0.2, 0) is 4.79 Å². The molecule has 0 radical (unpaired) electrons. The summed E-state index contributed by atoms with van der Waals surface area (Å²) >= 11 is 0. The van der Waals surface area contributed by atoms with E-state index in [1.165, 1.54) is 37.3 Å². The van der Waals surface area contributed by atoms with E-state index in [1.807, 2.05) is 0 Å². The van der Waals surface area contributed by atoms with Crippen LogP contribution < -0.4 is 9.64 Å². The van der Waals surface area contributed by atoms with E-state index >= 15 is 0 Å². The zero-order valence-corrected chi connectivity index (χ0v) is 9.41. The lowest BCUT2D eigenvalue weighted by molar-refractivity contribution is -0.384. The molecule has 0 saturated heterocycles. The molecule has 0 heterocycles. The summed E-state index contributed by atoms with van der Waals surface area (Å²) in [6, 6.07) is 4.17. The van der Waals surface area contributed by atoms with Crippen molar-refractivity contribution in [3.8, 4) is 5.75 Å². The second-order valence-corrected chi connectivity index (χ2v) is 3.36. The molecule has 0 aliphatic heterocycles. The Hall–Kier alpha value is -2.31. The Balaban J connectivity index is 3.16. The smallest absolute Gasteiger partial charge is 0.323 e. The summed E-state index contributed by atoms with van der Waals surface area (Å²) in [5.74, 6) is -0.632. The minimum absolute atomic E-state index is 0.158. The second-order valence-electron chi connectivity index (χ2n) is 3.36. The third-order valence-electron chi connectivity index (χ3n) is 2.16. The number of likely N-dealkylation sites (N-methyl/N-ethyl adjacent to an activating group) is 1. The minimum atomic E-state index is -1.07. The molecule has 0 atom stereocenters. The molecule has 1 aromatic carbocycles. The molecule has 0 aliphatic rings. The van der Waals surface area contributed by atoms with E-state index in [0.717, 1.165) is 0 Å². The highest BCUT2D eigenvalue weighted by atomic mass is 16.6. The molecule has 0 amide bonds. The molecule has 1 rings (SSSR count). The maximum Gasteiger partial charge on any atom is 0.323 e. The lowest BCUT2D eigenvalue weighted by atomic mass is 10.2. The molecule has 1 aromatic rings. The van der Waals surface area contributed by atoms with Crippen LogP contribution in [0.1, 0.15) is 0 Å². The number of carbonyl (C=O) groups is 1. The lowest BCUT2D eigenvalue weighted by Crippen LogP contribution is -2.25. The van der Waals surface area contributed by atoms with Gasteiger partial charge < -0.3 is 14.7 Å². The summed E-state index contributed by atoms with van der Waals surface area (Å²) in [6.45, 7) is -0.325. The fourth-order valence-electron chi connectivity index (χ4n) is 1.38.